The normalized spacial score (nSPS) is 26.1. The average molecular weight is 533 g/mol. The van der Waals surface area contributed by atoms with Crippen molar-refractivity contribution in [1.29, 1.82) is 0 Å². The summed E-state index contributed by atoms with van der Waals surface area (Å²) in [5.41, 5.74) is 8.26. The van der Waals surface area contributed by atoms with Gasteiger partial charge in [0.05, 0.1) is 23.1 Å². The van der Waals surface area contributed by atoms with Gasteiger partial charge in [0.25, 0.3) is 5.91 Å². The first kappa shape index (κ1) is 24.9. The van der Waals surface area contributed by atoms with Gasteiger partial charge < -0.3 is 21.1 Å². The van der Waals surface area contributed by atoms with Gasteiger partial charge in [-0.25, -0.2) is 9.78 Å². The van der Waals surface area contributed by atoms with E-state index in [1.54, 1.807) is 36.4 Å². The van der Waals surface area contributed by atoms with Crippen LogP contribution in [0.25, 0.3) is 16.8 Å². The average Bonchev–Trinajstić information content (AvgIpc) is 3.54. The zero-order valence-corrected chi connectivity index (χ0v) is 21.5. The number of anilines is 1. The number of amides is 4. The molecule has 13 heteroatoms. The van der Waals surface area contributed by atoms with Gasteiger partial charge in [-0.15, -0.1) is 0 Å². The number of hydrogen-bond acceptors (Lipinski definition) is 9. The number of rotatable bonds is 5. The van der Waals surface area contributed by atoms with Crippen molar-refractivity contribution in [2.45, 2.75) is 63.1 Å². The topological polar surface area (TPSA) is 185 Å². The Kier molecular flexibility index (Phi) is 5.64. The predicted octanol–water partition coefficient (Wildman–Crippen LogP) is 0.860. The number of fused-ring (bicyclic) bond motifs is 3. The molecule has 2 unspecified atom stereocenters. The van der Waals surface area contributed by atoms with Crippen molar-refractivity contribution in [2.75, 3.05) is 12.3 Å². The Morgan fingerprint density at radius 1 is 1.18 bits per heavy atom. The molecular formula is C26H28N8O5. The number of piperidine rings is 1. The summed E-state index contributed by atoms with van der Waals surface area (Å²) < 4.78 is 1.44. The number of aliphatic hydroxyl groups is 1. The minimum absolute atomic E-state index is 0.0248. The molecule has 3 aromatic heterocycles. The molecule has 3 saturated heterocycles. The Bertz CT molecular complexity index is 1540. The number of nitrogens with one attached hydrogen (secondary N) is 2. The maximum Gasteiger partial charge on any atom is 0.322 e. The highest BCUT2D eigenvalue weighted by atomic mass is 16.3. The molecule has 2 bridgehead atoms. The van der Waals surface area contributed by atoms with Crippen molar-refractivity contribution in [2.24, 2.45) is 0 Å². The van der Waals surface area contributed by atoms with E-state index in [1.807, 2.05) is 0 Å². The van der Waals surface area contributed by atoms with Crippen LogP contribution in [0.3, 0.4) is 0 Å². The number of urea groups is 1. The number of carbonyl (C=O) groups excluding carboxylic acids is 4. The molecule has 0 aliphatic carbocycles. The van der Waals surface area contributed by atoms with Crippen LogP contribution in [0.2, 0.25) is 0 Å². The summed E-state index contributed by atoms with van der Waals surface area (Å²) in [5.74, 6) is -0.874. The second-order valence-corrected chi connectivity index (χ2v) is 10.6. The minimum atomic E-state index is -1.28. The maximum absolute atomic E-state index is 12.8. The van der Waals surface area contributed by atoms with Gasteiger partial charge in [0.1, 0.15) is 12.4 Å². The third-order valence-corrected chi connectivity index (χ3v) is 8.24. The summed E-state index contributed by atoms with van der Waals surface area (Å²) in [7, 11) is 0. The summed E-state index contributed by atoms with van der Waals surface area (Å²) in [6.07, 6.45) is 6.10. The first-order valence-electron chi connectivity index (χ1n) is 12.8. The van der Waals surface area contributed by atoms with E-state index in [2.05, 4.69) is 20.7 Å². The van der Waals surface area contributed by atoms with Gasteiger partial charge in [-0.3, -0.25) is 24.7 Å². The quantitative estimate of drug-likeness (QED) is 0.273. The maximum atomic E-state index is 12.8. The number of aliphatic hydroxyl groups excluding tert-OH is 1. The smallest absolute Gasteiger partial charge is 0.322 e. The third-order valence-electron chi connectivity index (χ3n) is 8.24. The number of Topliss-reactive ketones (excluding diaryl/α,β-unsaturated/α-hetero) is 1. The molecule has 4 amide bonds. The van der Waals surface area contributed by atoms with Crippen molar-refractivity contribution in [3.8, 4) is 11.1 Å². The van der Waals surface area contributed by atoms with Crippen LogP contribution in [0.15, 0.2) is 24.5 Å². The molecule has 0 radical (unpaired) electrons. The van der Waals surface area contributed by atoms with Crippen molar-refractivity contribution in [3.63, 3.8) is 0 Å². The van der Waals surface area contributed by atoms with E-state index < -0.39 is 24.1 Å². The van der Waals surface area contributed by atoms with Crippen LogP contribution < -0.4 is 16.4 Å². The van der Waals surface area contributed by atoms with Crippen LogP contribution in [0.4, 0.5) is 10.6 Å². The van der Waals surface area contributed by atoms with Crippen LogP contribution in [-0.2, 0) is 15.1 Å². The number of carbonyl (C=O) groups is 4. The molecule has 3 aromatic rings. The molecular weight excluding hydrogens is 504 g/mol. The van der Waals surface area contributed by atoms with Crippen LogP contribution in [0, 0.1) is 0 Å². The molecule has 13 nitrogen and oxygen atoms in total. The molecule has 3 aliphatic heterocycles. The number of nitrogens with zero attached hydrogens (tertiary/aromatic N) is 5. The van der Waals surface area contributed by atoms with Crippen LogP contribution in [0.1, 0.15) is 67.2 Å². The van der Waals surface area contributed by atoms with E-state index in [4.69, 9.17) is 10.7 Å². The highest BCUT2D eigenvalue weighted by molar-refractivity contribution is 6.07. The molecule has 0 saturated carbocycles. The van der Waals surface area contributed by atoms with Gasteiger partial charge in [0, 0.05) is 35.3 Å². The van der Waals surface area contributed by atoms with Crippen molar-refractivity contribution < 1.29 is 24.3 Å². The highest BCUT2D eigenvalue weighted by Gasteiger charge is 2.46. The molecule has 5 N–H and O–H groups in total. The van der Waals surface area contributed by atoms with Crippen LogP contribution in [-0.4, -0.2) is 71.9 Å². The largest absolute Gasteiger partial charge is 0.387 e. The number of imide groups is 1. The minimum Gasteiger partial charge on any atom is -0.387 e. The first-order chi connectivity index (χ1) is 18.6. The fourth-order valence-corrected chi connectivity index (χ4v) is 6.35. The van der Waals surface area contributed by atoms with E-state index in [9.17, 15) is 24.3 Å². The molecule has 0 spiro atoms. The SMILES string of the molecule is CC(=O)c1c(C2C[C@H]3CC[C@@H](C2)N3C(=O)CO)nc2c(-c3ccc(C4(C)NC(=O)NC4=O)nc3)cnn2c1N. The number of nitrogens with two attached hydrogens (primary N) is 1. The Hall–Kier alpha value is -4.39. The first-order valence-corrected chi connectivity index (χ1v) is 12.8. The third kappa shape index (κ3) is 3.75. The number of pyridine rings is 1. The second-order valence-electron chi connectivity index (χ2n) is 10.6. The van der Waals surface area contributed by atoms with Gasteiger partial charge in [-0.2, -0.15) is 9.61 Å². The van der Waals surface area contributed by atoms with E-state index in [1.165, 1.54) is 11.4 Å². The van der Waals surface area contributed by atoms with Crippen molar-refractivity contribution in [1.82, 2.24) is 35.1 Å². The van der Waals surface area contributed by atoms with Crippen molar-refractivity contribution in [3.05, 3.63) is 41.5 Å². The van der Waals surface area contributed by atoms with E-state index in [-0.39, 0.29) is 35.5 Å². The van der Waals surface area contributed by atoms with E-state index in [0.717, 1.165) is 12.8 Å². The Morgan fingerprint density at radius 3 is 2.46 bits per heavy atom. The van der Waals surface area contributed by atoms with Gasteiger partial charge in [-0.1, -0.05) is 6.07 Å². The number of hydrogen-bond donors (Lipinski definition) is 4. The second kappa shape index (κ2) is 8.83. The van der Waals surface area contributed by atoms with Gasteiger partial charge >= 0.3 is 6.03 Å². The zero-order valence-electron chi connectivity index (χ0n) is 21.5. The number of aromatic nitrogens is 4. The highest BCUT2D eigenvalue weighted by Crippen LogP contribution is 2.44. The summed E-state index contributed by atoms with van der Waals surface area (Å²) in [4.78, 5) is 60.2. The molecule has 4 atom stereocenters. The Labute approximate surface area is 222 Å². The van der Waals surface area contributed by atoms with Crippen LogP contribution in [0.5, 0.6) is 0 Å². The van der Waals surface area contributed by atoms with Crippen LogP contribution >= 0.6 is 0 Å². The summed E-state index contributed by atoms with van der Waals surface area (Å²) in [6, 6.07) is 2.79. The molecule has 202 valence electrons. The molecule has 0 aromatic carbocycles. The van der Waals surface area contributed by atoms with Gasteiger partial charge in [-0.05, 0) is 45.6 Å². The standard InChI is InChI=1S/C26H28N8O5/c1-12(36)20-21(14-7-15-4-5-16(8-14)33(15)19(37)11-35)30-23-17(10-29-34(23)22(20)27)13-3-6-18(28-9-13)26(2)24(38)31-25(39)32-26/h3,6,9-10,14-16,35H,4-5,7-8,11,27H2,1-2H3,(H2,31,32,38,39)/t14?,15-,16+,26?. The summed E-state index contributed by atoms with van der Waals surface area (Å²) >= 11 is 0. The fourth-order valence-electron chi connectivity index (χ4n) is 6.35. The Balaban J connectivity index is 1.40. The molecule has 6 rings (SSSR count). The molecule has 6 heterocycles. The fraction of sp³-hybridized carbons (Fsp3) is 0.423. The van der Waals surface area contributed by atoms with Gasteiger partial charge in [0.2, 0.25) is 5.91 Å². The molecule has 3 aliphatic rings. The summed E-state index contributed by atoms with van der Waals surface area (Å²) in [6.45, 7) is 2.51. The van der Waals surface area contributed by atoms with Gasteiger partial charge in [0.15, 0.2) is 17.0 Å². The number of ketones is 1. The van der Waals surface area contributed by atoms with E-state index in [0.29, 0.717) is 46.6 Å². The predicted molar refractivity (Wildman–Crippen MR) is 137 cm³/mol. The monoisotopic (exact) mass is 532 g/mol. The van der Waals surface area contributed by atoms with E-state index >= 15 is 0 Å². The molecule has 39 heavy (non-hydrogen) atoms. The lowest BCUT2D eigenvalue weighted by molar-refractivity contribution is -0.138. The summed E-state index contributed by atoms with van der Waals surface area (Å²) in [5, 5.41) is 18.6. The number of nitrogen functional groups attached to an aromatic ring is 1. The molecule has 3 fully saturated rings. The Morgan fingerprint density at radius 2 is 1.90 bits per heavy atom. The lowest BCUT2D eigenvalue weighted by Gasteiger charge is -2.39. The lowest BCUT2D eigenvalue weighted by atomic mass is 9.85. The zero-order chi connectivity index (χ0) is 27.6. The lowest BCUT2D eigenvalue weighted by Crippen LogP contribution is -2.47. The van der Waals surface area contributed by atoms with Crippen molar-refractivity contribution >= 4 is 35.1 Å².